The number of carboxylic acids is 2. The molecule has 1 heterocycles. The molecule has 7 nitrogen and oxygen atoms in total. The Morgan fingerprint density at radius 1 is 1.26 bits per heavy atom. The second-order valence-corrected chi connectivity index (χ2v) is 7.94. The van der Waals surface area contributed by atoms with E-state index < -0.39 is 24.5 Å². The minimum absolute atomic E-state index is 0.208. The summed E-state index contributed by atoms with van der Waals surface area (Å²) in [5, 5.41) is 26.3. The number of aliphatic hydroxyl groups is 1. The van der Waals surface area contributed by atoms with E-state index in [0.717, 1.165) is 13.0 Å². The number of carbonyl (C=O) groups is 2. The van der Waals surface area contributed by atoms with Gasteiger partial charge in [-0.05, 0) is 34.8 Å². The molecule has 0 radical (unpaired) electrons. The fourth-order valence-electron chi connectivity index (χ4n) is 4.33. The minimum atomic E-state index is -1.79. The van der Waals surface area contributed by atoms with Gasteiger partial charge in [0.05, 0.1) is 13.5 Å². The monoisotopic (exact) mass is 379 g/mol. The highest BCUT2D eigenvalue weighted by molar-refractivity contribution is 5.79. The van der Waals surface area contributed by atoms with Crippen LogP contribution in [0.5, 0.6) is 0 Å². The van der Waals surface area contributed by atoms with E-state index >= 15 is 0 Å². The normalized spacial score (nSPS) is 26.9. The zero-order chi connectivity index (χ0) is 20.4. The van der Waals surface area contributed by atoms with Gasteiger partial charge in [0.2, 0.25) is 0 Å². The van der Waals surface area contributed by atoms with E-state index in [0.29, 0.717) is 11.5 Å². The van der Waals surface area contributed by atoms with Crippen LogP contribution in [0, 0.1) is 5.41 Å². The van der Waals surface area contributed by atoms with Gasteiger partial charge in [0.25, 0.3) is 0 Å². The molecule has 1 aromatic carbocycles. The Labute approximate surface area is 159 Å². The zero-order valence-corrected chi connectivity index (χ0v) is 16.3. The largest absolute Gasteiger partial charge is 0.481 e. The number of carboxylic acid groups (broad SMARTS) is 2. The number of hydrogen-bond acceptors (Lipinski definition) is 5. The lowest BCUT2D eigenvalue weighted by Gasteiger charge is -2.51. The van der Waals surface area contributed by atoms with Crippen LogP contribution >= 0.6 is 0 Å². The quantitative estimate of drug-likeness (QED) is 0.735. The average Bonchev–Trinajstić information content (AvgIpc) is 2.93. The summed E-state index contributed by atoms with van der Waals surface area (Å²) in [5.74, 6) is -2.85. The molecule has 1 aromatic rings. The summed E-state index contributed by atoms with van der Waals surface area (Å²) in [6, 6.07) is 9.43. The van der Waals surface area contributed by atoms with Crippen molar-refractivity contribution < 1.29 is 29.7 Å². The maximum Gasteiger partial charge on any atom is 0.333 e. The predicted molar refractivity (Wildman–Crippen MR) is 99.3 cm³/mol. The summed E-state index contributed by atoms with van der Waals surface area (Å²) in [7, 11) is 1.80. The molecule has 27 heavy (non-hydrogen) atoms. The molecular weight excluding hydrogens is 350 g/mol. The number of hydrogen-bond donors (Lipinski definition) is 3. The molecule has 3 rings (SSSR count). The van der Waals surface area contributed by atoms with Crippen molar-refractivity contribution in [3.63, 3.8) is 0 Å². The Morgan fingerprint density at radius 2 is 1.89 bits per heavy atom. The van der Waals surface area contributed by atoms with Gasteiger partial charge in [-0.25, -0.2) is 4.79 Å². The molecule has 3 atom stereocenters. The van der Waals surface area contributed by atoms with Gasteiger partial charge in [-0.1, -0.05) is 45.0 Å². The second kappa shape index (κ2) is 7.96. The van der Waals surface area contributed by atoms with Crippen LogP contribution in [0.25, 0.3) is 0 Å². The van der Waals surface area contributed by atoms with Crippen molar-refractivity contribution in [3.05, 3.63) is 35.4 Å². The van der Waals surface area contributed by atoms with Crippen LogP contribution in [0.2, 0.25) is 0 Å². The number of aliphatic carboxylic acids is 2. The van der Waals surface area contributed by atoms with Gasteiger partial charge in [-0.15, -0.1) is 0 Å². The van der Waals surface area contributed by atoms with E-state index in [2.05, 4.69) is 50.1 Å². The first-order valence-corrected chi connectivity index (χ1v) is 9.06. The van der Waals surface area contributed by atoms with E-state index in [1.165, 1.54) is 17.5 Å². The Balaban J connectivity index is 0.000000249. The predicted octanol–water partition coefficient (Wildman–Crippen LogP) is 2.07. The van der Waals surface area contributed by atoms with Crippen molar-refractivity contribution in [3.8, 4) is 0 Å². The molecule has 1 aliphatic heterocycles. The fraction of sp³-hybridized carbons (Fsp3) is 0.600. The topological polar surface area (TPSA) is 107 Å². The summed E-state index contributed by atoms with van der Waals surface area (Å²) < 4.78 is 0. The van der Waals surface area contributed by atoms with Crippen molar-refractivity contribution in [1.29, 1.82) is 0 Å². The number of hydroxylamine groups is 2. The van der Waals surface area contributed by atoms with Gasteiger partial charge in [0.15, 0.2) is 6.10 Å². The van der Waals surface area contributed by atoms with Crippen LogP contribution in [0.4, 0.5) is 0 Å². The Bertz CT molecular complexity index is 703. The summed E-state index contributed by atoms with van der Waals surface area (Å²) in [5.41, 5.74) is 3.53. The number of benzene rings is 1. The molecule has 0 bridgehead atoms. The number of aliphatic hydroxyl groups excluding tert-OH is 1. The van der Waals surface area contributed by atoms with Crippen LogP contribution in [0.15, 0.2) is 24.3 Å². The van der Waals surface area contributed by atoms with Gasteiger partial charge < -0.3 is 20.2 Å². The first-order valence-electron chi connectivity index (χ1n) is 9.06. The van der Waals surface area contributed by atoms with Gasteiger partial charge in [-0.3, -0.25) is 4.79 Å². The maximum absolute atomic E-state index is 9.72. The van der Waals surface area contributed by atoms with E-state index in [1.54, 1.807) is 7.11 Å². The van der Waals surface area contributed by atoms with Crippen LogP contribution in [0.3, 0.4) is 0 Å². The van der Waals surface area contributed by atoms with Crippen molar-refractivity contribution in [2.45, 2.75) is 57.6 Å². The van der Waals surface area contributed by atoms with Crippen LogP contribution < -0.4 is 0 Å². The Kier molecular flexibility index (Phi) is 6.29. The Morgan fingerprint density at radius 3 is 2.41 bits per heavy atom. The van der Waals surface area contributed by atoms with Gasteiger partial charge in [-0.2, -0.15) is 5.06 Å². The first-order chi connectivity index (χ1) is 12.5. The lowest BCUT2D eigenvalue weighted by molar-refractivity contribution is -0.160. The smallest absolute Gasteiger partial charge is 0.333 e. The van der Waals surface area contributed by atoms with Crippen molar-refractivity contribution in [1.82, 2.24) is 5.06 Å². The summed E-state index contributed by atoms with van der Waals surface area (Å²) in [4.78, 5) is 25.0. The van der Waals surface area contributed by atoms with Gasteiger partial charge in [0, 0.05) is 12.6 Å². The molecule has 150 valence electrons. The van der Waals surface area contributed by atoms with E-state index in [4.69, 9.17) is 20.2 Å². The third-order valence-electron chi connectivity index (χ3n) is 6.35. The summed E-state index contributed by atoms with van der Waals surface area (Å²) in [6.07, 6.45) is -0.214. The number of rotatable bonds is 4. The molecule has 1 unspecified atom stereocenters. The van der Waals surface area contributed by atoms with Crippen molar-refractivity contribution >= 4 is 11.9 Å². The number of nitrogens with zero attached hydrogens (tertiary/aromatic N) is 1. The van der Waals surface area contributed by atoms with Crippen molar-refractivity contribution in [2.75, 3.05) is 13.7 Å². The van der Waals surface area contributed by atoms with Gasteiger partial charge in [0.1, 0.15) is 0 Å². The van der Waals surface area contributed by atoms with Crippen LogP contribution in [-0.2, 0) is 26.3 Å². The highest BCUT2D eigenvalue weighted by atomic mass is 16.7. The van der Waals surface area contributed by atoms with Crippen molar-refractivity contribution in [2.24, 2.45) is 5.41 Å². The minimum Gasteiger partial charge on any atom is -0.481 e. The van der Waals surface area contributed by atoms with Crippen LogP contribution in [0.1, 0.15) is 44.7 Å². The molecule has 0 aromatic heterocycles. The van der Waals surface area contributed by atoms with E-state index in [9.17, 15) is 9.59 Å². The third kappa shape index (κ3) is 4.00. The zero-order valence-electron chi connectivity index (χ0n) is 16.3. The lowest BCUT2D eigenvalue weighted by atomic mass is 9.54. The van der Waals surface area contributed by atoms with Crippen LogP contribution in [-0.4, -0.2) is 58.1 Å². The molecule has 1 saturated heterocycles. The molecule has 2 aliphatic rings. The maximum atomic E-state index is 9.72. The highest BCUT2D eigenvalue weighted by Gasteiger charge is 2.56. The van der Waals surface area contributed by atoms with E-state index in [-0.39, 0.29) is 5.41 Å². The Hall–Kier alpha value is -1.96. The molecule has 3 N–H and O–H groups in total. The summed E-state index contributed by atoms with van der Waals surface area (Å²) in [6.45, 7) is 8.29. The molecular formula is C20H29NO6. The first kappa shape index (κ1) is 21.3. The molecule has 0 saturated carbocycles. The summed E-state index contributed by atoms with van der Waals surface area (Å²) >= 11 is 0. The molecule has 1 fully saturated rings. The standard InChI is InChI=1S/C16H23NO.C4H6O5/c1-15(2)13-8-6-5-7-12(13)11-14-16(15,3)9-10-17(14)18-4;5-2(4(8)9)1-3(6)7/h5-8,14H,9-11H2,1-4H3;2,5H,1H2,(H,6,7)(H,8,9)/t14-,16+;/m0./s1. The SMILES string of the molecule is CON1CC[C@]2(C)[C@@H]1Cc1ccccc1C2(C)C.O=C(O)CC(O)C(=O)O. The highest BCUT2D eigenvalue weighted by Crippen LogP contribution is 2.56. The second-order valence-electron chi connectivity index (χ2n) is 7.94. The van der Waals surface area contributed by atoms with Gasteiger partial charge >= 0.3 is 11.9 Å². The molecule has 7 heteroatoms. The lowest BCUT2D eigenvalue weighted by Crippen LogP contribution is -2.53. The molecule has 0 amide bonds. The third-order valence-corrected chi connectivity index (χ3v) is 6.35. The molecule has 0 spiro atoms. The molecule has 1 aliphatic carbocycles. The van der Waals surface area contributed by atoms with E-state index in [1.807, 2.05) is 0 Å². The average molecular weight is 379 g/mol. The fourth-order valence-corrected chi connectivity index (χ4v) is 4.33. The number of fused-ring (bicyclic) bond motifs is 2.